The highest BCUT2D eigenvalue weighted by Crippen LogP contribution is 2.27. The Morgan fingerprint density at radius 1 is 0.917 bits per heavy atom. The molecule has 0 bridgehead atoms. The summed E-state index contributed by atoms with van der Waals surface area (Å²) in [7, 11) is 0. The van der Waals surface area contributed by atoms with Crippen LogP contribution in [-0.2, 0) is 0 Å². The van der Waals surface area contributed by atoms with Crippen LogP contribution in [0.3, 0.4) is 0 Å². The van der Waals surface area contributed by atoms with E-state index in [4.69, 9.17) is 0 Å². The number of hydrogen-bond acceptors (Lipinski definition) is 4. The Morgan fingerprint density at radius 3 is 2.42 bits per heavy atom. The molecule has 1 aromatic heterocycles. The van der Waals surface area contributed by atoms with Crippen LogP contribution in [0.2, 0.25) is 0 Å². The number of aromatic nitrogens is 2. The Morgan fingerprint density at radius 2 is 1.67 bits per heavy atom. The van der Waals surface area contributed by atoms with E-state index in [0.717, 1.165) is 24.1 Å². The minimum absolute atomic E-state index is 0.311. The number of halogens is 1. The molecule has 24 heavy (non-hydrogen) atoms. The molecule has 120 valence electrons. The largest absolute Gasteiger partial charge is 0.351 e. The minimum Gasteiger partial charge on any atom is -0.351 e. The first kappa shape index (κ1) is 14.6. The quantitative estimate of drug-likeness (QED) is 0.721. The fourth-order valence-corrected chi connectivity index (χ4v) is 2.44. The second-order valence-electron chi connectivity index (χ2n) is 5.85. The average molecular weight is 320 g/mol. The number of nitrogens with zero attached hydrogens (tertiary/aromatic N) is 2. The van der Waals surface area contributed by atoms with E-state index in [1.807, 2.05) is 36.4 Å². The predicted molar refractivity (Wildman–Crippen MR) is 93.8 cm³/mol. The lowest BCUT2D eigenvalue weighted by Gasteiger charge is -2.11. The second kappa shape index (κ2) is 6.28. The van der Waals surface area contributed by atoms with Crippen LogP contribution in [0.4, 0.5) is 21.8 Å². The van der Waals surface area contributed by atoms with Crippen LogP contribution in [0, 0.1) is 5.82 Å². The summed E-state index contributed by atoms with van der Waals surface area (Å²) in [6.07, 6.45) is 2.27. The molecule has 2 N–H and O–H groups in total. The lowest BCUT2D eigenvalue weighted by atomic mass is 10.1. The summed E-state index contributed by atoms with van der Waals surface area (Å²) in [6, 6.07) is 18.7. The molecule has 1 aliphatic carbocycles. The third kappa shape index (κ3) is 3.35. The van der Waals surface area contributed by atoms with Gasteiger partial charge in [0.2, 0.25) is 5.95 Å². The van der Waals surface area contributed by atoms with Crippen LogP contribution in [0.25, 0.3) is 11.3 Å². The van der Waals surface area contributed by atoms with E-state index in [-0.39, 0.29) is 5.82 Å². The molecule has 1 saturated carbocycles. The van der Waals surface area contributed by atoms with Crippen LogP contribution in [0.5, 0.6) is 0 Å². The SMILES string of the molecule is Fc1ccccc1Nc1cc(-c2ccccc2)nc(NC2CC2)n1. The molecule has 0 radical (unpaired) electrons. The number of rotatable bonds is 5. The monoisotopic (exact) mass is 320 g/mol. The molecule has 1 aliphatic rings. The normalized spacial score (nSPS) is 13.5. The van der Waals surface area contributed by atoms with Gasteiger partial charge in [-0.25, -0.2) is 9.37 Å². The molecule has 4 rings (SSSR count). The molecule has 2 aromatic carbocycles. The van der Waals surface area contributed by atoms with Crippen molar-refractivity contribution in [2.75, 3.05) is 10.6 Å². The van der Waals surface area contributed by atoms with Gasteiger partial charge >= 0.3 is 0 Å². The maximum atomic E-state index is 13.9. The van der Waals surface area contributed by atoms with Crippen LogP contribution >= 0.6 is 0 Å². The highest BCUT2D eigenvalue weighted by Gasteiger charge is 2.22. The first-order valence-corrected chi connectivity index (χ1v) is 8.00. The Kier molecular flexibility index (Phi) is 3.83. The van der Waals surface area contributed by atoms with E-state index in [9.17, 15) is 4.39 Å². The Labute approximate surface area is 139 Å². The third-order valence-electron chi connectivity index (χ3n) is 3.84. The molecule has 1 fully saturated rings. The van der Waals surface area contributed by atoms with E-state index in [1.54, 1.807) is 18.2 Å². The van der Waals surface area contributed by atoms with Gasteiger partial charge in [-0.2, -0.15) is 4.98 Å². The van der Waals surface area contributed by atoms with Gasteiger partial charge in [-0.3, -0.25) is 0 Å². The number of benzene rings is 2. The highest BCUT2D eigenvalue weighted by atomic mass is 19.1. The van der Waals surface area contributed by atoms with E-state index < -0.39 is 0 Å². The number of para-hydroxylation sites is 1. The van der Waals surface area contributed by atoms with Gasteiger partial charge in [0.1, 0.15) is 11.6 Å². The molecule has 0 spiro atoms. The Hall–Kier alpha value is -2.95. The van der Waals surface area contributed by atoms with Gasteiger partial charge in [-0.15, -0.1) is 0 Å². The molecule has 3 aromatic rings. The fraction of sp³-hybridized carbons (Fsp3) is 0.158. The zero-order chi connectivity index (χ0) is 16.4. The fourth-order valence-electron chi connectivity index (χ4n) is 2.44. The van der Waals surface area contributed by atoms with Crippen LogP contribution in [-0.4, -0.2) is 16.0 Å². The highest BCUT2D eigenvalue weighted by molar-refractivity contribution is 5.67. The Bertz CT molecular complexity index is 847. The molecule has 0 saturated heterocycles. The summed E-state index contributed by atoms with van der Waals surface area (Å²) in [5.41, 5.74) is 2.19. The molecule has 0 unspecified atom stereocenters. The average Bonchev–Trinajstić information content (AvgIpc) is 3.42. The van der Waals surface area contributed by atoms with Crippen molar-refractivity contribution in [1.82, 2.24) is 9.97 Å². The van der Waals surface area contributed by atoms with E-state index in [1.165, 1.54) is 6.07 Å². The molecule has 0 aliphatic heterocycles. The maximum Gasteiger partial charge on any atom is 0.225 e. The number of anilines is 3. The van der Waals surface area contributed by atoms with Crippen LogP contribution in [0.1, 0.15) is 12.8 Å². The van der Waals surface area contributed by atoms with Crippen molar-refractivity contribution in [1.29, 1.82) is 0 Å². The lowest BCUT2D eigenvalue weighted by molar-refractivity contribution is 0.632. The zero-order valence-electron chi connectivity index (χ0n) is 13.0. The van der Waals surface area contributed by atoms with Gasteiger partial charge in [0.15, 0.2) is 0 Å². The molecule has 0 amide bonds. The molecular weight excluding hydrogens is 303 g/mol. The number of nitrogens with one attached hydrogen (secondary N) is 2. The van der Waals surface area contributed by atoms with Crippen molar-refractivity contribution in [2.45, 2.75) is 18.9 Å². The smallest absolute Gasteiger partial charge is 0.225 e. The summed E-state index contributed by atoms with van der Waals surface area (Å²) in [5, 5.41) is 6.36. The van der Waals surface area contributed by atoms with Crippen molar-refractivity contribution >= 4 is 17.5 Å². The van der Waals surface area contributed by atoms with Gasteiger partial charge in [0.25, 0.3) is 0 Å². The van der Waals surface area contributed by atoms with Crippen molar-refractivity contribution in [3.05, 3.63) is 66.5 Å². The molecular formula is C19H17FN4. The molecule has 4 nitrogen and oxygen atoms in total. The summed E-state index contributed by atoms with van der Waals surface area (Å²) < 4.78 is 13.9. The predicted octanol–water partition coefficient (Wildman–Crippen LogP) is 4.60. The molecule has 1 heterocycles. The van der Waals surface area contributed by atoms with Crippen molar-refractivity contribution in [3.8, 4) is 11.3 Å². The summed E-state index contributed by atoms with van der Waals surface area (Å²) >= 11 is 0. The summed E-state index contributed by atoms with van der Waals surface area (Å²) in [6.45, 7) is 0. The maximum absolute atomic E-state index is 13.9. The van der Waals surface area contributed by atoms with Crippen LogP contribution < -0.4 is 10.6 Å². The van der Waals surface area contributed by atoms with E-state index in [0.29, 0.717) is 23.5 Å². The van der Waals surface area contributed by atoms with Gasteiger partial charge in [0, 0.05) is 17.7 Å². The van der Waals surface area contributed by atoms with Gasteiger partial charge in [-0.1, -0.05) is 42.5 Å². The van der Waals surface area contributed by atoms with Crippen molar-refractivity contribution in [2.24, 2.45) is 0 Å². The standard InChI is InChI=1S/C19H17FN4/c20-15-8-4-5-9-16(15)22-18-12-17(13-6-2-1-3-7-13)23-19(24-18)21-14-10-11-14/h1-9,12,14H,10-11H2,(H2,21,22,23,24). The minimum atomic E-state index is -0.311. The summed E-state index contributed by atoms with van der Waals surface area (Å²) in [4.78, 5) is 9.07. The van der Waals surface area contributed by atoms with Crippen molar-refractivity contribution in [3.63, 3.8) is 0 Å². The summed E-state index contributed by atoms with van der Waals surface area (Å²) in [5.74, 6) is 0.823. The lowest BCUT2D eigenvalue weighted by Crippen LogP contribution is -2.08. The van der Waals surface area contributed by atoms with Gasteiger partial charge in [0.05, 0.1) is 11.4 Å². The molecule has 5 heteroatoms. The van der Waals surface area contributed by atoms with Gasteiger partial charge < -0.3 is 10.6 Å². The van der Waals surface area contributed by atoms with Gasteiger partial charge in [-0.05, 0) is 25.0 Å². The van der Waals surface area contributed by atoms with E-state index >= 15 is 0 Å². The first-order valence-electron chi connectivity index (χ1n) is 8.00. The Balaban J connectivity index is 1.71. The van der Waals surface area contributed by atoms with E-state index in [2.05, 4.69) is 20.6 Å². The van der Waals surface area contributed by atoms with Crippen LogP contribution in [0.15, 0.2) is 60.7 Å². The molecule has 0 atom stereocenters. The number of hydrogen-bond donors (Lipinski definition) is 2. The second-order valence-corrected chi connectivity index (χ2v) is 5.85. The first-order chi connectivity index (χ1) is 11.8. The zero-order valence-corrected chi connectivity index (χ0v) is 13.0. The van der Waals surface area contributed by atoms with Crippen molar-refractivity contribution < 1.29 is 4.39 Å². The topological polar surface area (TPSA) is 49.8 Å². The third-order valence-corrected chi connectivity index (χ3v) is 3.84.